The lowest BCUT2D eigenvalue weighted by atomic mass is 9.98. The van der Waals surface area contributed by atoms with Crippen molar-refractivity contribution >= 4 is 13.3 Å². The number of rotatable bonds is 5. The van der Waals surface area contributed by atoms with E-state index in [0.717, 1.165) is 23.2 Å². The predicted octanol–water partition coefficient (Wildman–Crippen LogP) is 6.30. The van der Waals surface area contributed by atoms with Gasteiger partial charge in [0.1, 0.15) is 5.82 Å². The van der Waals surface area contributed by atoms with E-state index < -0.39 is 8.07 Å². The summed E-state index contributed by atoms with van der Waals surface area (Å²) < 4.78 is 14.4. The van der Waals surface area contributed by atoms with Crippen molar-refractivity contribution in [3.8, 4) is 22.4 Å². The fraction of sp³-hybridized carbons (Fsp3) is 0.292. The maximum atomic E-state index is 14.4. The largest absolute Gasteiger partial charge is 0.256 e. The van der Waals surface area contributed by atoms with E-state index in [1.807, 2.05) is 42.5 Å². The summed E-state index contributed by atoms with van der Waals surface area (Å²) in [6.07, 6.45) is 3.10. The van der Waals surface area contributed by atoms with Crippen LogP contribution in [0.1, 0.15) is 19.4 Å². The Morgan fingerprint density at radius 3 is 2.26 bits per heavy atom. The third-order valence-corrected chi connectivity index (χ3v) is 6.84. The Labute approximate surface area is 163 Å². The highest BCUT2D eigenvalue weighted by Gasteiger charge is 2.22. The van der Waals surface area contributed by atoms with Gasteiger partial charge in [-0.05, 0) is 52.9 Å². The molecular weight excluding hydrogens is 349 g/mol. The zero-order valence-corrected chi connectivity index (χ0v) is 17.9. The molecule has 0 unspecified atom stereocenters. The molecule has 0 aliphatic rings. The molecule has 2 aromatic carbocycles. The average molecular weight is 378 g/mol. The number of aromatic nitrogens is 1. The van der Waals surface area contributed by atoms with Gasteiger partial charge in [-0.25, -0.2) is 4.39 Å². The van der Waals surface area contributed by atoms with Crippen molar-refractivity contribution in [1.29, 1.82) is 0 Å². The van der Waals surface area contributed by atoms with Crippen LogP contribution in [0.4, 0.5) is 4.39 Å². The number of hydrogen-bond acceptors (Lipinski definition) is 1. The molecule has 3 aromatic rings. The molecule has 140 valence electrons. The van der Waals surface area contributed by atoms with Crippen LogP contribution in [0.5, 0.6) is 0 Å². The first-order valence-corrected chi connectivity index (χ1v) is 13.1. The highest BCUT2D eigenvalue weighted by atomic mass is 28.3. The van der Waals surface area contributed by atoms with Crippen LogP contribution in [0.3, 0.4) is 0 Å². The Balaban J connectivity index is 2.09. The van der Waals surface area contributed by atoms with E-state index in [1.165, 1.54) is 10.8 Å². The van der Waals surface area contributed by atoms with Gasteiger partial charge < -0.3 is 0 Å². The quantitative estimate of drug-likeness (QED) is 0.476. The molecule has 0 atom stereocenters. The lowest BCUT2D eigenvalue weighted by molar-refractivity contribution is 0.631. The van der Waals surface area contributed by atoms with Crippen molar-refractivity contribution in [2.75, 3.05) is 0 Å². The van der Waals surface area contributed by atoms with Gasteiger partial charge in [-0.1, -0.05) is 63.8 Å². The zero-order chi connectivity index (χ0) is 19.6. The summed E-state index contributed by atoms with van der Waals surface area (Å²) >= 11 is 0. The summed E-state index contributed by atoms with van der Waals surface area (Å²) in [5.41, 5.74) is 4.78. The number of halogens is 1. The Morgan fingerprint density at radius 2 is 1.63 bits per heavy atom. The first-order valence-electron chi connectivity index (χ1n) is 9.60. The van der Waals surface area contributed by atoms with Crippen LogP contribution in [-0.4, -0.2) is 13.1 Å². The summed E-state index contributed by atoms with van der Waals surface area (Å²) in [5, 5.41) is 1.42. The minimum absolute atomic E-state index is 0.203. The standard InChI is InChI=1S/C24H28FNSi/c1-17(2)13-20-15-23(26-16-24(20)27(3,4)5)19-11-12-22(25)21(14-19)18-9-7-6-8-10-18/h6-12,14-17H,13H2,1-5H3. The molecule has 27 heavy (non-hydrogen) atoms. The van der Waals surface area contributed by atoms with E-state index >= 15 is 0 Å². The van der Waals surface area contributed by atoms with E-state index in [1.54, 1.807) is 6.07 Å². The van der Waals surface area contributed by atoms with Gasteiger partial charge in [-0.2, -0.15) is 0 Å². The Morgan fingerprint density at radius 1 is 0.926 bits per heavy atom. The molecule has 0 saturated carbocycles. The van der Waals surface area contributed by atoms with Gasteiger partial charge >= 0.3 is 0 Å². The Bertz CT molecular complexity index is 927. The molecule has 0 fully saturated rings. The Kier molecular flexibility index (Phi) is 5.61. The van der Waals surface area contributed by atoms with Crippen LogP contribution in [-0.2, 0) is 6.42 Å². The van der Waals surface area contributed by atoms with Crippen molar-refractivity contribution in [3.63, 3.8) is 0 Å². The van der Waals surface area contributed by atoms with Crippen molar-refractivity contribution in [1.82, 2.24) is 4.98 Å². The average Bonchev–Trinajstić information content (AvgIpc) is 2.61. The molecule has 0 saturated heterocycles. The molecular formula is C24H28FNSi. The number of pyridine rings is 1. The molecule has 0 aliphatic carbocycles. The smallest absolute Gasteiger partial charge is 0.131 e. The molecule has 1 heterocycles. The van der Waals surface area contributed by atoms with Crippen LogP contribution in [0, 0.1) is 11.7 Å². The molecule has 0 aliphatic heterocycles. The second kappa shape index (κ2) is 7.77. The minimum Gasteiger partial charge on any atom is -0.256 e. The molecule has 3 heteroatoms. The van der Waals surface area contributed by atoms with Gasteiger partial charge in [-0.3, -0.25) is 4.98 Å². The monoisotopic (exact) mass is 377 g/mol. The summed E-state index contributed by atoms with van der Waals surface area (Å²) in [5.74, 6) is 0.384. The lowest BCUT2D eigenvalue weighted by Gasteiger charge is -2.22. The fourth-order valence-electron chi connectivity index (χ4n) is 3.46. The normalized spacial score (nSPS) is 11.8. The van der Waals surface area contributed by atoms with E-state index in [4.69, 9.17) is 4.98 Å². The maximum absolute atomic E-state index is 14.4. The van der Waals surface area contributed by atoms with Gasteiger partial charge in [0, 0.05) is 17.3 Å². The van der Waals surface area contributed by atoms with Crippen LogP contribution >= 0.6 is 0 Å². The van der Waals surface area contributed by atoms with Gasteiger partial charge in [0.05, 0.1) is 13.8 Å². The van der Waals surface area contributed by atoms with E-state index in [2.05, 4.69) is 45.8 Å². The number of nitrogens with zero attached hydrogens (tertiary/aromatic N) is 1. The SMILES string of the molecule is CC(C)Cc1cc(-c2ccc(F)c(-c3ccccc3)c2)ncc1[Si](C)(C)C. The number of benzene rings is 2. The molecule has 0 radical (unpaired) electrons. The van der Waals surface area contributed by atoms with Crippen LogP contribution in [0.2, 0.25) is 19.6 Å². The third kappa shape index (κ3) is 4.53. The molecule has 1 nitrogen and oxygen atoms in total. The highest BCUT2D eigenvalue weighted by Crippen LogP contribution is 2.28. The highest BCUT2D eigenvalue weighted by molar-refractivity contribution is 6.89. The second-order valence-corrected chi connectivity index (χ2v) is 13.7. The van der Waals surface area contributed by atoms with E-state index in [9.17, 15) is 4.39 Å². The molecule has 0 N–H and O–H groups in total. The second-order valence-electron chi connectivity index (χ2n) is 8.64. The van der Waals surface area contributed by atoms with Crippen molar-refractivity contribution in [3.05, 3.63) is 72.2 Å². The van der Waals surface area contributed by atoms with Gasteiger partial charge in [0.25, 0.3) is 0 Å². The van der Waals surface area contributed by atoms with Gasteiger partial charge in [-0.15, -0.1) is 0 Å². The molecule has 0 bridgehead atoms. The zero-order valence-electron chi connectivity index (χ0n) is 16.9. The fourth-order valence-corrected chi connectivity index (χ4v) is 5.05. The topological polar surface area (TPSA) is 12.9 Å². The summed E-state index contributed by atoms with van der Waals surface area (Å²) in [6.45, 7) is 11.6. The van der Waals surface area contributed by atoms with Crippen molar-refractivity contribution < 1.29 is 4.39 Å². The molecule has 1 aromatic heterocycles. The van der Waals surface area contributed by atoms with Crippen LogP contribution in [0.25, 0.3) is 22.4 Å². The minimum atomic E-state index is -1.46. The predicted molar refractivity (Wildman–Crippen MR) is 117 cm³/mol. The molecule has 3 rings (SSSR count). The van der Waals surface area contributed by atoms with Gasteiger partial charge in [0.2, 0.25) is 0 Å². The van der Waals surface area contributed by atoms with Crippen molar-refractivity contribution in [2.45, 2.75) is 39.9 Å². The van der Waals surface area contributed by atoms with E-state index in [0.29, 0.717) is 11.5 Å². The maximum Gasteiger partial charge on any atom is 0.131 e. The van der Waals surface area contributed by atoms with Crippen LogP contribution in [0.15, 0.2) is 60.8 Å². The summed E-state index contributed by atoms with van der Waals surface area (Å²) in [6, 6.07) is 17.2. The van der Waals surface area contributed by atoms with Crippen molar-refractivity contribution in [2.24, 2.45) is 5.92 Å². The molecule has 0 amide bonds. The first kappa shape index (κ1) is 19.5. The molecule has 0 spiro atoms. The van der Waals surface area contributed by atoms with Gasteiger partial charge in [0.15, 0.2) is 0 Å². The Hall–Kier alpha value is -2.26. The van der Waals surface area contributed by atoms with E-state index in [-0.39, 0.29) is 5.82 Å². The first-order chi connectivity index (χ1) is 12.8. The summed E-state index contributed by atoms with van der Waals surface area (Å²) in [7, 11) is -1.46. The summed E-state index contributed by atoms with van der Waals surface area (Å²) in [4.78, 5) is 4.76. The lowest BCUT2D eigenvalue weighted by Crippen LogP contribution is -2.40. The number of hydrogen-bond donors (Lipinski definition) is 0. The third-order valence-electron chi connectivity index (χ3n) is 4.77. The van der Waals surface area contributed by atoms with Crippen LogP contribution < -0.4 is 5.19 Å².